The molecule has 0 aliphatic heterocycles. The molecule has 2 rings (SSSR count). The van der Waals surface area contributed by atoms with Crippen molar-refractivity contribution in [1.29, 1.82) is 0 Å². The van der Waals surface area contributed by atoms with Gasteiger partial charge in [-0.2, -0.15) is 0 Å². The summed E-state index contributed by atoms with van der Waals surface area (Å²) in [4.78, 5) is 11.9. The Hall–Kier alpha value is -1.76. The number of rotatable bonds is 7. The minimum Gasteiger partial charge on any atom is -0.489 e. The van der Waals surface area contributed by atoms with E-state index in [1.165, 1.54) is 0 Å². The third-order valence-corrected chi connectivity index (χ3v) is 4.20. The third-order valence-electron chi connectivity index (χ3n) is 3.40. The molecule has 1 amide bonds. The molecule has 130 valence electrons. The fourth-order valence-electron chi connectivity index (χ4n) is 2.05. The average molecular weight is 373 g/mol. The van der Waals surface area contributed by atoms with Crippen molar-refractivity contribution in [2.24, 2.45) is 0 Å². The highest BCUT2D eigenvalue weighted by molar-refractivity contribution is 6.42. The highest BCUT2D eigenvalue weighted by atomic mass is 35.5. The van der Waals surface area contributed by atoms with Crippen LogP contribution in [-0.2, 0) is 11.2 Å². The van der Waals surface area contributed by atoms with E-state index < -0.39 is 6.10 Å². The molecule has 0 spiro atoms. The second-order valence-corrected chi connectivity index (χ2v) is 6.09. The van der Waals surface area contributed by atoms with E-state index >= 15 is 0 Å². The number of aliphatic hydroxyl groups excluding tert-OH is 1. The second-order valence-electron chi connectivity index (χ2n) is 5.30. The van der Waals surface area contributed by atoms with E-state index in [2.05, 4.69) is 10.5 Å². The van der Waals surface area contributed by atoms with Crippen LogP contribution in [0.5, 0.6) is 5.75 Å². The summed E-state index contributed by atoms with van der Waals surface area (Å²) in [5.41, 5.74) is 1.44. The standard InChI is InChI=1S/C16H18Cl2N2O4/c1-9-12(10(2)24-20-9)6-15(22)19-7-11(21)8-23-14-5-3-4-13(17)16(14)18/h3-5,11,21H,6-8H2,1-2H3,(H,19,22)/t11-/m0/s1. The van der Waals surface area contributed by atoms with Crippen LogP contribution >= 0.6 is 23.2 Å². The first-order valence-corrected chi connectivity index (χ1v) is 8.07. The van der Waals surface area contributed by atoms with Crippen LogP contribution in [0.15, 0.2) is 22.7 Å². The molecular formula is C16H18Cl2N2O4. The van der Waals surface area contributed by atoms with Crippen molar-refractivity contribution < 1.29 is 19.2 Å². The van der Waals surface area contributed by atoms with Crippen molar-refractivity contribution in [3.63, 3.8) is 0 Å². The molecule has 1 aromatic carbocycles. The van der Waals surface area contributed by atoms with Crippen LogP contribution in [0.25, 0.3) is 0 Å². The molecule has 1 heterocycles. The molecule has 0 fully saturated rings. The van der Waals surface area contributed by atoms with E-state index in [0.717, 1.165) is 5.56 Å². The molecule has 1 atom stereocenters. The van der Waals surface area contributed by atoms with Gasteiger partial charge in [0.25, 0.3) is 0 Å². The number of hydrogen-bond donors (Lipinski definition) is 2. The average Bonchev–Trinajstić information content (AvgIpc) is 2.86. The van der Waals surface area contributed by atoms with Crippen LogP contribution in [0.2, 0.25) is 10.0 Å². The smallest absolute Gasteiger partial charge is 0.224 e. The van der Waals surface area contributed by atoms with Gasteiger partial charge in [-0.15, -0.1) is 0 Å². The van der Waals surface area contributed by atoms with E-state index in [1.807, 2.05) is 0 Å². The van der Waals surface area contributed by atoms with Gasteiger partial charge < -0.3 is 19.7 Å². The van der Waals surface area contributed by atoms with Gasteiger partial charge in [0.1, 0.15) is 29.2 Å². The van der Waals surface area contributed by atoms with Crippen molar-refractivity contribution in [1.82, 2.24) is 10.5 Å². The van der Waals surface area contributed by atoms with Gasteiger partial charge in [-0.3, -0.25) is 4.79 Å². The first kappa shape index (κ1) is 18.6. The molecule has 2 N–H and O–H groups in total. The molecule has 0 aliphatic rings. The molecule has 0 bridgehead atoms. The minimum absolute atomic E-state index is 0.0222. The lowest BCUT2D eigenvalue weighted by Crippen LogP contribution is -2.36. The summed E-state index contributed by atoms with van der Waals surface area (Å²) in [5, 5.41) is 17.0. The summed E-state index contributed by atoms with van der Waals surface area (Å²) < 4.78 is 10.4. The highest BCUT2D eigenvalue weighted by Crippen LogP contribution is 2.31. The monoisotopic (exact) mass is 372 g/mol. The molecule has 6 nitrogen and oxygen atoms in total. The van der Waals surface area contributed by atoms with E-state index in [9.17, 15) is 9.90 Å². The zero-order valence-corrected chi connectivity index (χ0v) is 14.8. The summed E-state index contributed by atoms with van der Waals surface area (Å²) in [5.74, 6) is 0.761. The fourth-order valence-corrected chi connectivity index (χ4v) is 2.40. The number of carbonyl (C=O) groups excluding carboxylic acids is 1. The number of ether oxygens (including phenoxy) is 1. The quantitative estimate of drug-likeness (QED) is 0.780. The summed E-state index contributed by atoms with van der Waals surface area (Å²) in [6.45, 7) is 3.56. The first-order chi connectivity index (χ1) is 11.4. The molecule has 24 heavy (non-hydrogen) atoms. The predicted octanol–water partition coefficient (Wildman–Crippen LogP) is 2.70. The fraction of sp³-hybridized carbons (Fsp3) is 0.375. The Labute approximate surface area is 149 Å². The lowest BCUT2D eigenvalue weighted by Gasteiger charge is -2.14. The van der Waals surface area contributed by atoms with Crippen molar-refractivity contribution in [2.75, 3.05) is 13.2 Å². The Bertz CT molecular complexity index is 699. The number of nitrogens with zero attached hydrogens (tertiary/aromatic N) is 1. The van der Waals surface area contributed by atoms with Crippen LogP contribution in [0.3, 0.4) is 0 Å². The molecule has 0 saturated heterocycles. The summed E-state index contributed by atoms with van der Waals surface area (Å²) in [6.07, 6.45) is -0.733. The molecule has 0 radical (unpaired) electrons. The largest absolute Gasteiger partial charge is 0.489 e. The van der Waals surface area contributed by atoms with Crippen LogP contribution in [0.4, 0.5) is 0 Å². The Morgan fingerprint density at radius 3 is 2.83 bits per heavy atom. The number of halogens is 2. The van der Waals surface area contributed by atoms with Gasteiger partial charge in [0, 0.05) is 12.1 Å². The van der Waals surface area contributed by atoms with Gasteiger partial charge in [-0.05, 0) is 26.0 Å². The minimum atomic E-state index is -0.881. The van der Waals surface area contributed by atoms with Crippen LogP contribution < -0.4 is 10.1 Å². The van der Waals surface area contributed by atoms with Crippen LogP contribution in [-0.4, -0.2) is 35.4 Å². The maximum absolute atomic E-state index is 11.9. The molecular weight excluding hydrogens is 355 g/mol. The Morgan fingerprint density at radius 1 is 1.42 bits per heavy atom. The Morgan fingerprint density at radius 2 is 2.17 bits per heavy atom. The summed E-state index contributed by atoms with van der Waals surface area (Å²) >= 11 is 11.9. The van der Waals surface area contributed by atoms with Gasteiger partial charge in [0.05, 0.1) is 17.1 Å². The maximum Gasteiger partial charge on any atom is 0.224 e. The molecule has 8 heteroatoms. The number of hydrogen-bond acceptors (Lipinski definition) is 5. The normalized spacial score (nSPS) is 12.0. The third kappa shape index (κ3) is 4.87. The predicted molar refractivity (Wildman–Crippen MR) is 90.7 cm³/mol. The van der Waals surface area contributed by atoms with Gasteiger partial charge >= 0.3 is 0 Å². The zero-order valence-electron chi connectivity index (χ0n) is 13.3. The number of aryl methyl sites for hydroxylation is 2. The van der Waals surface area contributed by atoms with Crippen LogP contribution in [0.1, 0.15) is 17.0 Å². The number of aliphatic hydroxyl groups is 1. The van der Waals surface area contributed by atoms with E-state index in [1.54, 1.807) is 32.0 Å². The Balaban J connectivity index is 1.77. The second kappa shape index (κ2) is 8.37. The number of nitrogens with one attached hydrogen (secondary N) is 1. The first-order valence-electron chi connectivity index (χ1n) is 7.31. The van der Waals surface area contributed by atoms with E-state index in [-0.39, 0.29) is 30.5 Å². The highest BCUT2D eigenvalue weighted by Gasteiger charge is 2.15. The summed E-state index contributed by atoms with van der Waals surface area (Å²) in [7, 11) is 0. The van der Waals surface area contributed by atoms with Crippen molar-refractivity contribution in [3.8, 4) is 5.75 Å². The lowest BCUT2D eigenvalue weighted by atomic mass is 10.1. The van der Waals surface area contributed by atoms with Gasteiger partial charge in [-0.25, -0.2) is 0 Å². The number of aromatic nitrogens is 1. The number of carbonyl (C=O) groups is 1. The van der Waals surface area contributed by atoms with Crippen molar-refractivity contribution >= 4 is 29.1 Å². The summed E-state index contributed by atoms with van der Waals surface area (Å²) in [6, 6.07) is 4.99. The van der Waals surface area contributed by atoms with Crippen LogP contribution in [0, 0.1) is 13.8 Å². The lowest BCUT2D eigenvalue weighted by molar-refractivity contribution is -0.121. The van der Waals surface area contributed by atoms with Gasteiger partial charge in [0.15, 0.2) is 0 Å². The van der Waals surface area contributed by atoms with Crippen molar-refractivity contribution in [3.05, 3.63) is 45.3 Å². The Kier molecular flexibility index (Phi) is 6.48. The SMILES string of the molecule is Cc1noc(C)c1CC(=O)NC[C@H](O)COc1cccc(Cl)c1Cl. The number of benzene rings is 1. The van der Waals surface area contributed by atoms with E-state index in [0.29, 0.717) is 22.2 Å². The molecule has 0 unspecified atom stereocenters. The maximum atomic E-state index is 11.9. The zero-order chi connectivity index (χ0) is 17.7. The van der Waals surface area contributed by atoms with Crippen molar-refractivity contribution in [2.45, 2.75) is 26.4 Å². The molecule has 1 aromatic heterocycles. The molecule has 2 aromatic rings. The van der Waals surface area contributed by atoms with E-state index in [4.69, 9.17) is 32.5 Å². The number of amides is 1. The molecule has 0 aliphatic carbocycles. The topological polar surface area (TPSA) is 84.6 Å². The van der Waals surface area contributed by atoms with Gasteiger partial charge in [-0.1, -0.05) is 34.4 Å². The molecule has 0 saturated carbocycles. The van der Waals surface area contributed by atoms with Gasteiger partial charge in [0.2, 0.25) is 5.91 Å².